The lowest BCUT2D eigenvalue weighted by molar-refractivity contribution is 0.249. The number of fused-ring (bicyclic) bond motifs is 1. The minimum atomic E-state index is -0.603. The van der Waals surface area contributed by atoms with E-state index in [2.05, 4.69) is 62.9 Å². The number of thioether (sulfide) groups is 1. The van der Waals surface area contributed by atoms with Crippen molar-refractivity contribution in [2.24, 2.45) is 0 Å². The van der Waals surface area contributed by atoms with Crippen molar-refractivity contribution in [3.8, 4) is 11.3 Å². The second-order valence-corrected chi connectivity index (χ2v) is 11.1. The monoisotopic (exact) mass is 525 g/mol. The van der Waals surface area contributed by atoms with Crippen LogP contribution in [0.25, 0.3) is 11.3 Å². The molecular weight excluding hydrogens is 492 g/mol. The third kappa shape index (κ3) is 5.50. The van der Waals surface area contributed by atoms with Gasteiger partial charge in [0.2, 0.25) is 5.95 Å². The zero-order valence-electron chi connectivity index (χ0n) is 21.7. The molecule has 7 nitrogen and oxygen atoms in total. The highest BCUT2D eigenvalue weighted by Crippen LogP contribution is 2.41. The van der Waals surface area contributed by atoms with Crippen LogP contribution >= 0.6 is 11.8 Å². The third-order valence-electron chi connectivity index (χ3n) is 7.10. The first-order valence-electron chi connectivity index (χ1n) is 12.7. The van der Waals surface area contributed by atoms with E-state index in [0.29, 0.717) is 22.3 Å². The number of hydrogen-bond donors (Lipinski definition) is 1. The molecule has 1 aromatic carbocycles. The fraction of sp³-hybridized carbons (Fsp3) is 0.444. The molecule has 0 spiro atoms. The van der Waals surface area contributed by atoms with E-state index in [4.69, 9.17) is 0 Å². The number of hydrogen-bond acceptors (Lipinski definition) is 8. The van der Waals surface area contributed by atoms with Crippen molar-refractivity contribution in [2.45, 2.75) is 43.7 Å². The molecule has 1 N–H and O–H groups in total. The number of nitrogens with zero attached hydrogens (tertiary/aromatic N) is 6. The van der Waals surface area contributed by atoms with E-state index in [1.807, 2.05) is 24.4 Å². The van der Waals surface area contributed by atoms with Crippen molar-refractivity contribution in [2.75, 3.05) is 54.6 Å². The molecule has 0 amide bonds. The lowest BCUT2D eigenvalue weighted by Gasteiger charge is -2.36. The molecule has 0 bridgehead atoms. The first-order chi connectivity index (χ1) is 17.8. The zero-order valence-corrected chi connectivity index (χ0v) is 22.5. The Morgan fingerprint density at radius 1 is 1.03 bits per heavy atom. The van der Waals surface area contributed by atoms with Crippen molar-refractivity contribution in [3.05, 3.63) is 48.3 Å². The lowest BCUT2D eigenvalue weighted by atomic mass is 10.0. The van der Waals surface area contributed by atoms with Crippen molar-refractivity contribution in [3.63, 3.8) is 0 Å². The van der Waals surface area contributed by atoms with Gasteiger partial charge in [0.1, 0.15) is 17.3 Å². The second-order valence-electron chi connectivity index (χ2n) is 10.0. The number of halogens is 2. The van der Waals surface area contributed by atoms with Crippen LogP contribution in [0.1, 0.15) is 26.7 Å². The van der Waals surface area contributed by atoms with Crippen LogP contribution in [0.3, 0.4) is 0 Å². The molecule has 3 aromatic rings. The minimum Gasteiger partial charge on any atom is -0.370 e. The SMILES string of the molecule is CC(C)N1CCSc2c(F)cc(-c3nc(Nc4ccc(N5CCC(N(C)C)CC5)cn4)ncc3F)cc21. The average Bonchev–Trinajstić information content (AvgIpc) is 2.90. The topological polar surface area (TPSA) is 60.4 Å². The maximum atomic E-state index is 15.0. The smallest absolute Gasteiger partial charge is 0.229 e. The first kappa shape index (κ1) is 25.7. The van der Waals surface area contributed by atoms with Gasteiger partial charge in [-0.3, -0.25) is 0 Å². The Labute approximate surface area is 221 Å². The maximum absolute atomic E-state index is 15.0. The molecule has 2 aliphatic heterocycles. The highest BCUT2D eigenvalue weighted by atomic mass is 32.2. The molecule has 0 atom stereocenters. The van der Waals surface area contributed by atoms with Gasteiger partial charge in [0, 0.05) is 43.0 Å². The minimum absolute atomic E-state index is 0.0545. The molecule has 196 valence electrons. The number of anilines is 4. The first-order valence-corrected chi connectivity index (χ1v) is 13.7. The van der Waals surface area contributed by atoms with Gasteiger partial charge in [-0.15, -0.1) is 11.8 Å². The van der Waals surface area contributed by atoms with Gasteiger partial charge < -0.3 is 20.0 Å². The van der Waals surface area contributed by atoms with E-state index < -0.39 is 5.82 Å². The van der Waals surface area contributed by atoms with Crippen molar-refractivity contribution < 1.29 is 8.78 Å². The average molecular weight is 526 g/mol. The van der Waals surface area contributed by atoms with E-state index in [1.165, 1.54) is 17.8 Å². The van der Waals surface area contributed by atoms with Gasteiger partial charge in [-0.25, -0.2) is 23.7 Å². The largest absolute Gasteiger partial charge is 0.370 e. The second kappa shape index (κ2) is 10.8. The molecule has 10 heteroatoms. The summed E-state index contributed by atoms with van der Waals surface area (Å²) >= 11 is 1.49. The summed E-state index contributed by atoms with van der Waals surface area (Å²) in [5.74, 6) is 0.619. The van der Waals surface area contributed by atoms with Crippen LogP contribution in [0.2, 0.25) is 0 Å². The predicted octanol–water partition coefficient (Wildman–Crippen LogP) is 5.41. The third-order valence-corrected chi connectivity index (χ3v) is 8.18. The van der Waals surface area contributed by atoms with Crippen molar-refractivity contribution in [1.82, 2.24) is 19.9 Å². The van der Waals surface area contributed by atoms with Gasteiger partial charge in [-0.05, 0) is 65.0 Å². The fourth-order valence-corrected chi connectivity index (χ4v) is 6.02. The summed E-state index contributed by atoms with van der Waals surface area (Å²) in [5, 5.41) is 3.06. The Balaban J connectivity index is 1.35. The molecule has 0 radical (unpaired) electrons. The highest BCUT2D eigenvalue weighted by Gasteiger charge is 2.25. The number of nitrogens with one attached hydrogen (secondary N) is 1. The quantitative estimate of drug-likeness (QED) is 0.458. The van der Waals surface area contributed by atoms with E-state index in [0.717, 1.165) is 55.8 Å². The van der Waals surface area contributed by atoms with Crippen LogP contribution in [-0.2, 0) is 0 Å². The Kier molecular flexibility index (Phi) is 7.48. The van der Waals surface area contributed by atoms with E-state index >= 15 is 4.39 Å². The number of benzene rings is 1. The Morgan fingerprint density at radius 3 is 2.49 bits per heavy atom. The molecule has 2 aliphatic rings. The van der Waals surface area contributed by atoms with Crippen LogP contribution in [0, 0.1) is 11.6 Å². The highest BCUT2D eigenvalue weighted by molar-refractivity contribution is 7.99. The Hall–Kier alpha value is -2.98. The summed E-state index contributed by atoms with van der Waals surface area (Å²) < 4.78 is 29.9. The van der Waals surface area contributed by atoms with Gasteiger partial charge in [-0.1, -0.05) is 0 Å². The van der Waals surface area contributed by atoms with Crippen LogP contribution in [0.15, 0.2) is 41.6 Å². The number of piperidine rings is 1. The molecule has 0 saturated carbocycles. The molecule has 0 unspecified atom stereocenters. The summed E-state index contributed by atoms with van der Waals surface area (Å²) in [6.07, 6.45) is 5.19. The maximum Gasteiger partial charge on any atom is 0.229 e. The summed E-state index contributed by atoms with van der Waals surface area (Å²) in [4.78, 5) is 20.4. The zero-order chi connectivity index (χ0) is 26.1. The van der Waals surface area contributed by atoms with Gasteiger partial charge in [0.15, 0.2) is 5.82 Å². The van der Waals surface area contributed by atoms with Crippen LogP contribution in [-0.4, -0.2) is 71.4 Å². The summed E-state index contributed by atoms with van der Waals surface area (Å²) in [5.41, 5.74) is 2.29. The molecule has 4 heterocycles. The fourth-order valence-electron chi connectivity index (χ4n) is 5.01. The summed E-state index contributed by atoms with van der Waals surface area (Å²) in [6, 6.07) is 7.90. The molecule has 5 rings (SSSR count). The molecular formula is C27H33F2N7S. The standard InChI is InChI=1S/C27H33F2N7S/c1-17(2)36-11-12-37-26-21(28)13-18(14-23(26)36)25-22(29)16-31-27(33-25)32-24-6-5-20(15-30-24)35-9-7-19(8-10-35)34(3)4/h5-6,13-17,19H,7-12H2,1-4H3,(H,30,31,32,33). The van der Waals surface area contributed by atoms with Gasteiger partial charge >= 0.3 is 0 Å². The Morgan fingerprint density at radius 2 is 1.81 bits per heavy atom. The normalized spacial score (nSPS) is 16.4. The van der Waals surface area contributed by atoms with E-state index in [9.17, 15) is 4.39 Å². The number of rotatable bonds is 6. The van der Waals surface area contributed by atoms with E-state index in [1.54, 1.807) is 0 Å². The molecule has 1 fully saturated rings. The summed E-state index contributed by atoms with van der Waals surface area (Å²) in [6.45, 7) is 6.94. The van der Waals surface area contributed by atoms with Crippen LogP contribution in [0.5, 0.6) is 0 Å². The number of pyridine rings is 1. The molecule has 2 aromatic heterocycles. The van der Waals surface area contributed by atoms with Gasteiger partial charge in [0.25, 0.3) is 0 Å². The molecule has 0 aliphatic carbocycles. The predicted molar refractivity (Wildman–Crippen MR) is 147 cm³/mol. The van der Waals surface area contributed by atoms with Crippen molar-refractivity contribution in [1.29, 1.82) is 0 Å². The number of aromatic nitrogens is 3. The van der Waals surface area contributed by atoms with Crippen LogP contribution < -0.4 is 15.1 Å². The van der Waals surface area contributed by atoms with Gasteiger partial charge in [-0.2, -0.15) is 0 Å². The van der Waals surface area contributed by atoms with Crippen molar-refractivity contribution >= 4 is 34.9 Å². The lowest BCUT2D eigenvalue weighted by Crippen LogP contribution is -2.42. The van der Waals surface area contributed by atoms with Gasteiger partial charge in [0.05, 0.1) is 28.7 Å². The summed E-state index contributed by atoms with van der Waals surface area (Å²) in [7, 11) is 4.26. The molecule has 1 saturated heterocycles. The Bertz CT molecular complexity index is 1240. The van der Waals surface area contributed by atoms with E-state index in [-0.39, 0.29) is 23.5 Å². The molecule has 37 heavy (non-hydrogen) atoms. The van der Waals surface area contributed by atoms with Crippen LogP contribution in [0.4, 0.5) is 31.9 Å².